The number of phenolic OH excluding ortho intramolecular Hbond substituents is 1. The van der Waals surface area contributed by atoms with Gasteiger partial charge in [-0.2, -0.15) is 0 Å². The van der Waals surface area contributed by atoms with Gasteiger partial charge >= 0.3 is 11.9 Å². The van der Waals surface area contributed by atoms with Gasteiger partial charge in [-0.15, -0.1) is 0 Å². The first-order valence-electron chi connectivity index (χ1n) is 24.4. The van der Waals surface area contributed by atoms with Crippen LogP contribution in [0.2, 0.25) is 0 Å². The van der Waals surface area contributed by atoms with Crippen LogP contribution in [0.5, 0.6) is 11.5 Å². The van der Waals surface area contributed by atoms with Gasteiger partial charge in [0.15, 0.2) is 5.75 Å². The quantitative estimate of drug-likeness (QED) is 0.0636. The molecule has 8 aromatic rings. The Hall–Kier alpha value is -9.60. The summed E-state index contributed by atoms with van der Waals surface area (Å²) in [6.07, 6.45) is 0.537. The second kappa shape index (κ2) is 52.8. The van der Waals surface area contributed by atoms with Crippen LogP contribution in [0.15, 0.2) is 204 Å². The molecule has 0 aliphatic carbocycles. The van der Waals surface area contributed by atoms with Crippen LogP contribution in [0.4, 0.5) is 34.1 Å². The number of sulfone groups is 1. The Morgan fingerprint density at radius 2 is 0.750 bits per heavy atom. The van der Waals surface area contributed by atoms with Crippen LogP contribution in [-0.4, -0.2) is 119 Å². The molecule has 460 valence electrons. The van der Waals surface area contributed by atoms with Gasteiger partial charge < -0.3 is 97.8 Å². The van der Waals surface area contributed by atoms with Gasteiger partial charge in [0.05, 0.1) is 26.6 Å². The van der Waals surface area contributed by atoms with Crippen molar-refractivity contribution in [2.45, 2.75) is 16.2 Å². The Kier molecular flexibility index (Phi) is 52.3. The fourth-order valence-corrected chi connectivity index (χ4v) is 7.38. The second-order valence-electron chi connectivity index (χ2n) is 14.4. The van der Waals surface area contributed by atoms with E-state index in [-0.39, 0.29) is 22.6 Å². The van der Waals surface area contributed by atoms with Crippen LogP contribution in [0.1, 0.15) is 31.8 Å². The van der Waals surface area contributed by atoms with Gasteiger partial charge in [-0.1, -0.05) is 109 Å². The van der Waals surface area contributed by atoms with E-state index in [1.807, 2.05) is 12.1 Å². The number of ether oxygens (including phenoxy) is 1. The van der Waals surface area contributed by atoms with Gasteiger partial charge in [-0.3, -0.25) is 4.79 Å². The number of carboxylic acids is 2. The number of phenols is 1. The number of nitrogens with two attached hydrogens (primary N) is 10. The van der Waals surface area contributed by atoms with Gasteiger partial charge in [0.1, 0.15) is 5.75 Å². The minimum atomic E-state index is -3.34. The van der Waals surface area contributed by atoms with E-state index in [4.69, 9.17) is 74.9 Å². The maximum absolute atomic E-state index is 12.0. The summed E-state index contributed by atoms with van der Waals surface area (Å²) in [7, 11) is 6.66. The highest BCUT2D eigenvalue weighted by Crippen LogP contribution is 2.25. The minimum absolute atomic E-state index is 0.0768. The Morgan fingerprint density at radius 3 is 1.05 bits per heavy atom. The smallest absolute Gasteiger partial charge is 0.337 e. The first-order chi connectivity index (χ1) is 40.5. The molecular weight excluding hydrogens is 1100 g/mol. The van der Waals surface area contributed by atoms with Crippen molar-refractivity contribution < 1.29 is 63.3 Å². The molecule has 27 N–H and O–H groups in total. The molecule has 0 atom stereocenters. The summed E-state index contributed by atoms with van der Waals surface area (Å²) in [5, 5.41) is 54.3. The molecule has 0 heterocycles. The van der Waals surface area contributed by atoms with Crippen molar-refractivity contribution in [3.8, 4) is 22.6 Å². The van der Waals surface area contributed by atoms with Crippen molar-refractivity contribution in [1.82, 2.24) is 0 Å². The van der Waals surface area contributed by atoms with Gasteiger partial charge in [-0.25, -0.2) is 18.0 Å². The molecule has 0 aliphatic heterocycles. The van der Waals surface area contributed by atoms with Crippen LogP contribution in [0, 0.1) is 0 Å². The van der Waals surface area contributed by atoms with Crippen molar-refractivity contribution in [1.29, 1.82) is 0 Å². The van der Waals surface area contributed by atoms with E-state index in [2.05, 4.69) is 71.5 Å². The van der Waals surface area contributed by atoms with Gasteiger partial charge in [0, 0.05) is 69.0 Å². The minimum Gasteiger partial charge on any atom is -0.508 e. The molecule has 0 amide bonds. The molecule has 8 aromatic carbocycles. The SMILES string of the molecule is CN.CN.CN.CN.CO.CO.CO.CO.Nc1cc(Cc2ccc(C(=O)O)c(N)c2)ccc1OC=O.Nc1cc(N)cc(C(=O)O)c1.Nc1cc(N)cc(O)c1.O=S(=O)(c1ccccc1)c1ccccc1.c1ccc(-c2ccccc2)cc1. The van der Waals surface area contributed by atoms with Crippen LogP contribution >= 0.6 is 0 Å². The fraction of sp³-hybridized carbons (Fsp3) is 0.150. The standard InChI is InChI=1S/C15H14N2O4.C12H10O2S.C12H10.C7H8N2O2.C6H8N2O.4CH5N.4CH4O/c16-12-6-9(1-3-11(12)15(19)20)5-10-2-4-14(21-8-18)13(17)7-10;13-15(14,11-7-3-1-4-8-11)12-9-5-2-6-10-12;1-3-7-11(8-4-1)12-9-5-2-6-10-12;8-5-1-4(7(10)11)2-6(9)3-5;7-4-1-5(8)3-6(9)2-4;8*1-2/h1-4,6-8H,5,16-17H2,(H,19,20);1-10H;1-10H;1-3H,8-9H2,(H,10,11);1-3,9H,7-8H2;4*2H2,1H3;4*2H,1H3. The van der Waals surface area contributed by atoms with Gasteiger partial charge in [-0.05, 0) is 130 Å². The number of anilines is 6. The van der Waals surface area contributed by atoms with E-state index in [1.54, 1.807) is 97.1 Å². The Balaban J connectivity index is -0.000000298. The highest BCUT2D eigenvalue weighted by atomic mass is 32.2. The number of aliphatic hydroxyl groups excluding tert-OH is 4. The Labute approximate surface area is 492 Å². The molecule has 0 aromatic heterocycles. The first kappa shape index (κ1) is 83.2. The lowest BCUT2D eigenvalue weighted by molar-refractivity contribution is -0.120. The van der Waals surface area contributed by atoms with E-state index in [1.165, 1.54) is 75.7 Å². The van der Waals surface area contributed by atoms with Crippen molar-refractivity contribution >= 4 is 62.4 Å². The predicted octanol–water partition coefficient (Wildman–Crippen LogP) is 5.39. The number of rotatable bonds is 9. The van der Waals surface area contributed by atoms with E-state index in [9.17, 15) is 22.8 Å². The Bertz CT molecular complexity index is 2890. The maximum Gasteiger partial charge on any atom is 0.337 e. The van der Waals surface area contributed by atoms with E-state index < -0.39 is 21.8 Å². The lowest BCUT2D eigenvalue weighted by Gasteiger charge is -2.08. The second-order valence-corrected chi connectivity index (χ2v) is 16.4. The average molecular weight is 1190 g/mol. The molecule has 84 heavy (non-hydrogen) atoms. The number of carbonyl (C=O) groups is 3. The molecule has 0 spiro atoms. The highest BCUT2D eigenvalue weighted by molar-refractivity contribution is 7.91. The average Bonchev–Trinajstić information content (AvgIpc) is 3.58. The number of aromatic carboxylic acids is 2. The van der Waals surface area contributed by atoms with Crippen molar-refractivity contribution in [2.75, 3.05) is 91.0 Å². The maximum atomic E-state index is 12.0. The monoisotopic (exact) mass is 1190 g/mol. The molecule has 8 rings (SSSR count). The zero-order chi connectivity index (χ0) is 65.6. The third kappa shape index (κ3) is 34.5. The van der Waals surface area contributed by atoms with E-state index in [0.717, 1.165) is 39.6 Å². The summed E-state index contributed by atoms with van der Waals surface area (Å²) in [6, 6.07) is 56.2. The van der Waals surface area contributed by atoms with Crippen LogP contribution in [-0.2, 0) is 21.1 Å². The molecule has 0 fully saturated rings. The molecule has 0 aliphatic rings. The molecule has 0 saturated heterocycles. The lowest BCUT2D eigenvalue weighted by atomic mass is 10.0. The summed E-state index contributed by atoms with van der Waals surface area (Å²) >= 11 is 0. The first-order valence-corrected chi connectivity index (χ1v) is 25.8. The van der Waals surface area contributed by atoms with Gasteiger partial charge in [0.25, 0.3) is 6.47 Å². The van der Waals surface area contributed by atoms with E-state index in [0.29, 0.717) is 56.9 Å². The van der Waals surface area contributed by atoms with Gasteiger partial charge in [0.2, 0.25) is 9.84 Å². The third-order valence-electron chi connectivity index (χ3n) is 9.18. The lowest BCUT2D eigenvalue weighted by Crippen LogP contribution is -2.03. The summed E-state index contributed by atoms with van der Waals surface area (Å²) < 4.78 is 28.8. The number of aromatic hydroxyl groups is 1. The van der Waals surface area contributed by atoms with Crippen LogP contribution < -0.4 is 62.1 Å². The molecule has 0 saturated carbocycles. The van der Waals surface area contributed by atoms with E-state index >= 15 is 0 Å². The fourth-order valence-electron chi connectivity index (χ4n) is 6.08. The van der Waals surface area contributed by atoms with Crippen LogP contribution in [0.3, 0.4) is 0 Å². The molecule has 23 nitrogen and oxygen atoms in total. The summed E-state index contributed by atoms with van der Waals surface area (Å²) in [5.41, 5.74) is 57.6. The van der Waals surface area contributed by atoms with Crippen molar-refractivity contribution in [2.24, 2.45) is 22.9 Å². The summed E-state index contributed by atoms with van der Waals surface area (Å²) in [5.74, 6) is -1.68. The number of nitrogen functional groups attached to an aromatic ring is 6. The predicted molar refractivity (Wildman–Crippen MR) is 341 cm³/mol. The molecule has 0 bridgehead atoms. The normalized spacial score (nSPS) is 8.71. The topological polar surface area (TPSA) is 496 Å². The number of benzene rings is 8. The summed E-state index contributed by atoms with van der Waals surface area (Å²) in [6.45, 7) is 0.316. The zero-order valence-corrected chi connectivity index (χ0v) is 49.3. The number of aliphatic hydroxyl groups is 4. The zero-order valence-electron chi connectivity index (χ0n) is 48.5. The Morgan fingerprint density at radius 1 is 0.429 bits per heavy atom. The molecule has 0 radical (unpaired) electrons. The number of hydrogen-bond acceptors (Lipinski definition) is 21. The van der Waals surface area contributed by atoms with Crippen molar-refractivity contribution in [3.63, 3.8) is 0 Å². The number of carbonyl (C=O) groups excluding carboxylic acids is 1. The highest BCUT2D eigenvalue weighted by Gasteiger charge is 2.16. The largest absolute Gasteiger partial charge is 0.508 e. The molecular formula is C60H86N10O13S. The molecule has 24 heteroatoms. The number of carboxylic acid groups (broad SMARTS) is 2. The number of hydrogen-bond donors (Lipinski definition) is 17. The van der Waals surface area contributed by atoms with Crippen molar-refractivity contribution in [3.05, 3.63) is 216 Å². The van der Waals surface area contributed by atoms with Crippen LogP contribution in [0.25, 0.3) is 11.1 Å². The molecule has 0 unspecified atom stereocenters. The third-order valence-corrected chi connectivity index (χ3v) is 11.0. The summed E-state index contributed by atoms with van der Waals surface area (Å²) in [4.78, 5) is 32.2.